The van der Waals surface area contributed by atoms with E-state index in [1.165, 1.54) is 0 Å². The van der Waals surface area contributed by atoms with Crippen molar-refractivity contribution >= 4 is 35.5 Å². The highest BCUT2D eigenvalue weighted by Gasteiger charge is 2.42. The fourth-order valence-corrected chi connectivity index (χ4v) is 5.09. The number of hydrogen-bond acceptors (Lipinski definition) is 5. The zero-order valence-electron chi connectivity index (χ0n) is 18.8. The minimum atomic E-state index is -0.428. The molecule has 2 fully saturated rings. The third-order valence-electron chi connectivity index (χ3n) is 5.99. The summed E-state index contributed by atoms with van der Waals surface area (Å²) in [6, 6.07) is 0.374. The van der Waals surface area contributed by atoms with Crippen LogP contribution in [-0.2, 0) is 14.4 Å². The first-order chi connectivity index (χ1) is 14.7. The summed E-state index contributed by atoms with van der Waals surface area (Å²) in [4.78, 5) is 47.1. The number of hydrogen-bond donors (Lipinski definition) is 5. The first-order valence-corrected chi connectivity index (χ1v) is 12.3. The smallest absolute Gasteiger partial charge is 0.315 e. The van der Waals surface area contributed by atoms with E-state index in [0.29, 0.717) is 31.3 Å². The summed E-state index contributed by atoms with van der Waals surface area (Å²) >= 11 is 1.88. The van der Waals surface area contributed by atoms with Crippen molar-refractivity contribution in [3.63, 3.8) is 0 Å². The topological polar surface area (TPSA) is 128 Å². The minimum Gasteiger partial charge on any atom is -0.355 e. The van der Waals surface area contributed by atoms with E-state index in [-0.39, 0.29) is 42.3 Å². The van der Waals surface area contributed by atoms with E-state index >= 15 is 0 Å². The summed E-state index contributed by atoms with van der Waals surface area (Å²) in [5.41, 5.74) is -0.428. The van der Waals surface area contributed by atoms with Crippen molar-refractivity contribution in [1.82, 2.24) is 26.6 Å². The number of rotatable bonds is 13. The van der Waals surface area contributed by atoms with E-state index in [2.05, 4.69) is 26.6 Å². The Balaban J connectivity index is 1.45. The van der Waals surface area contributed by atoms with Crippen LogP contribution in [0.3, 0.4) is 0 Å². The maximum atomic E-state index is 11.9. The van der Waals surface area contributed by atoms with Crippen LogP contribution in [0.4, 0.5) is 4.79 Å². The average Bonchev–Trinajstić information content (AvgIpc) is 3.27. The van der Waals surface area contributed by atoms with Crippen molar-refractivity contribution in [2.75, 3.05) is 25.4 Å². The number of thioether (sulfide) groups is 1. The predicted molar refractivity (Wildman–Crippen MR) is 122 cm³/mol. The Morgan fingerprint density at radius 3 is 2.35 bits per heavy atom. The van der Waals surface area contributed by atoms with Gasteiger partial charge in [-0.2, -0.15) is 11.8 Å². The van der Waals surface area contributed by atoms with Crippen molar-refractivity contribution < 1.29 is 19.2 Å². The van der Waals surface area contributed by atoms with E-state index in [1.807, 2.05) is 32.5 Å². The Hall–Kier alpha value is -1.97. The lowest BCUT2D eigenvalue weighted by molar-refractivity contribution is -0.129. The Morgan fingerprint density at radius 1 is 1.00 bits per heavy atom. The zero-order valence-corrected chi connectivity index (χ0v) is 19.7. The molecule has 0 unspecified atom stereocenters. The average molecular weight is 456 g/mol. The van der Waals surface area contributed by atoms with Crippen molar-refractivity contribution in [2.24, 2.45) is 5.41 Å². The molecule has 0 saturated carbocycles. The normalized spacial score (nSPS) is 22.3. The van der Waals surface area contributed by atoms with Gasteiger partial charge in [-0.1, -0.05) is 27.2 Å². The molecule has 0 radical (unpaired) electrons. The van der Waals surface area contributed by atoms with Crippen LogP contribution in [0.25, 0.3) is 0 Å². The number of carbonyl (C=O) groups excluding carboxylic acids is 4. The molecule has 3 atom stereocenters. The van der Waals surface area contributed by atoms with Crippen LogP contribution in [0, 0.1) is 5.41 Å². The van der Waals surface area contributed by atoms with Crippen LogP contribution >= 0.6 is 11.8 Å². The molecule has 10 heteroatoms. The summed E-state index contributed by atoms with van der Waals surface area (Å²) in [5.74, 6) is 0.732. The second kappa shape index (κ2) is 12.2. The van der Waals surface area contributed by atoms with Gasteiger partial charge in [0.2, 0.25) is 17.7 Å². The van der Waals surface area contributed by atoms with E-state index in [1.54, 1.807) is 0 Å². The highest BCUT2D eigenvalue weighted by Crippen LogP contribution is 2.33. The lowest BCUT2D eigenvalue weighted by Gasteiger charge is -2.21. The summed E-state index contributed by atoms with van der Waals surface area (Å²) in [5, 5.41) is 14.7. The monoisotopic (exact) mass is 455 g/mol. The highest BCUT2D eigenvalue weighted by atomic mass is 32.2. The van der Waals surface area contributed by atoms with Crippen molar-refractivity contribution in [3.8, 4) is 0 Å². The molecule has 2 saturated heterocycles. The Kier molecular flexibility index (Phi) is 9.93. The predicted octanol–water partition coefficient (Wildman–Crippen LogP) is 0.887. The molecule has 0 aliphatic carbocycles. The second-order valence-electron chi connectivity index (χ2n) is 8.81. The van der Waals surface area contributed by atoms with Crippen LogP contribution in [0.15, 0.2) is 0 Å². The standard InChI is InChI=1S/C21H37N5O4S/c1-4-21(2,3)19(29)24-10-9-17(28)23-12-11-22-16(27)8-6-5-7-15-18-14(13-31-15)25-20(30)26-18/h14-15,18H,4-13H2,1-3H3,(H,22,27)(H,23,28)(H,24,29)(H2,25,26,30)/t14-,15-,18-/m0/s1. The zero-order chi connectivity index (χ0) is 22.9. The first-order valence-electron chi connectivity index (χ1n) is 11.2. The van der Waals surface area contributed by atoms with E-state index < -0.39 is 5.41 Å². The van der Waals surface area contributed by atoms with Gasteiger partial charge < -0.3 is 26.6 Å². The van der Waals surface area contributed by atoms with Gasteiger partial charge in [0, 0.05) is 48.9 Å². The lowest BCUT2D eigenvalue weighted by Crippen LogP contribution is -2.39. The lowest BCUT2D eigenvalue weighted by atomic mass is 9.89. The molecule has 2 rings (SSSR count). The van der Waals surface area contributed by atoms with Gasteiger partial charge in [-0.15, -0.1) is 0 Å². The summed E-state index contributed by atoms with van der Waals surface area (Å²) < 4.78 is 0. The molecule has 0 aromatic rings. The van der Waals surface area contributed by atoms with Gasteiger partial charge in [-0.05, 0) is 19.3 Å². The van der Waals surface area contributed by atoms with Gasteiger partial charge >= 0.3 is 6.03 Å². The maximum Gasteiger partial charge on any atom is 0.315 e. The second-order valence-corrected chi connectivity index (χ2v) is 10.1. The molecule has 31 heavy (non-hydrogen) atoms. The molecule has 5 N–H and O–H groups in total. The minimum absolute atomic E-state index is 0.0175. The molecule has 0 aromatic heterocycles. The Bertz CT molecular complexity index is 658. The molecular formula is C21H37N5O4S. The molecule has 2 aliphatic rings. The van der Waals surface area contributed by atoms with Crippen LogP contribution in [0.2, 0.25) is 0 Å². The SMILES string of the molecule is CCC(C)(C)C(=O)NCCC(=O)NCCNC(=O)CCCC[C@@H]1SC[C@@H]2NC(=O)N[C@@H]21. The number of carbonyl (C=O) groups is 4. The molecule has 5 amide bonds. The molecule has 0 bridgehead atoms. The van der Waals surface area contributed by atoms with Crippen molar-refractivity contribution in [1.29, 1.82) is 0 Å². The molecule has 2 heterocycles. The summed E-state index contributed by atoms with van der Waals surface area (Å²) in [6.07, 6.45) is 4.16. The largest absolute Gasteiger partial charge is 0.355 e. The fraction of sp³-hybridized carbons (Fsp3) is 0.810. The third-order valence-corrected chi connectivity index (χ3v) is 7.49. The Labute approximate surface area is 189 Å². The fourth-order valence-electron chi connectivity index (χ4n) is 3.54. The van der Waals surface area contributed by atoms with Gasteiger partial charge in [0.05, 0.1) is 12.1 Å². The van der Waals surface area contributed by atoms with Crippen molar-refractivity contribution in [3.05, 3.63) is 0 Å². The van der Waals surface area contributed by atoms with Gasteiger partial charge in [-0.25, -0.2) is 4.79 Å². The quantitative estimate of drug-likeness (QED) is 0.208. The third kappa shape index (κ3) is 8.23. The molecule has 2 aliphatic heterocycles. The number of fused-ring (bicyclic) bond motifs is 1. The van der Waals surface area contributed by atoms with Gasteiger partial charge in [-0.3, -0.25) is 14.4 Å². The van der Waals surface area contributed by atoms with E-state index in [9.17, 15) is 19.2 Å². The Morgan fingerprint density at radius 2 is 1.68 bits per heavy atom. The molecule has 176 valence electrons. The summed E-state index contributed by atoms with van der Waals surface area (Å²) in [6.45, 7) is 6.77. The maximum absolute atomic E-state index is 11.9. The van der Waals surface area contributed by atoms with Crippen LogP contribution in [0.1, 0.15) is 59.3 Å². The molecular weight excluding hydrogens is 418 g/mol. The van der Waals surface area contributed by atoms with Gasteiger partial charge in [0.1, 0.15) is 0 Å². The number of nitrogens with one attached hydrogen (secondary N) is 5. The molecule has 0 aromatic carbocycles. The van der Waals surface area contributed by atoms with E-state index in [0.717, 1.165) is 31.4 Å². The van der Waals surface area contributed by atoms with E-state index in [4.69, 9.17) is 0 Å². The van der Waals surface area contributed by atoms with Crippen molar-refractivity contribution in [2.45, 2.75) is 76.6 Å². The summed E-state index contributed by atoms with van der Waals surface area (Å²) in [7, 11) is 0. The van der Waals surface area contributed by atoms with Crippen LogP contribution in [-0.4, -0.2) is 66.5 Å². The first kappa shape index (κ1) is 25.3. The van der Waals surface area contributed by atoms with Gasteiger partial charge in [0.25, 0.3) is 0 Å². The number of urea groups is 1. The number of unbranched alkanes of at least 4 members (excludes halogenated alkanes) is 1. The van der Waals surface area contributed by atoms with Crippen LogP contribution < -0.4 is 26.6 Å². The van der Waals surface area contributed by atoms with Gasteiger partial charge in [0.15, 0.2) is 0 Å². The highest BCUT2D eigenvalue weighted by molar-refractivity contribution is 8.00. The molecule has 9 nitrogen and oxygen atoms in total. The van der Waals surface area contributed by atoms with Crippen LogP contribution in [0.5, 0.6) is 0 Å². The molecule has 0 spiro atoms. The number of amides is 5.